The Morgan fingerprint density at radius 3 is 2.71 bits per heavy atom. The van der Waals surface area contributed by atoms with E-state index in [-0.39, 0.29) is 6.03 Å². The first kappa shape index (κ1) is 9.06. The quantitative estimate of drug-likeness (QED) is 0.728. The van der Waals surface area contributed by atoms with Crippen molar-refractivity contribution in [2.75, 3.05) is 7.05 Å². The summed E-state index contributed by atoms with van der Waals surface area (Å²) in [6.45, 7) is 0. The summed E-state index contributed by atoms with van der Waals surface area (Å²) in [6.07, 6.45) is 1.05. The fourth-order valence-electron chi connectivity index (χ4n) is 1.66. The summed E-state index contributed by atoms with van der Waals surface area (Å²) in [5, 5.41) is 5.46. The van der Waals surface area contributed by atoms with Crippen molar-refractivity contribution in [1.82, 2.24) is 10.6 Å². The molecular formula is C11H14N2O. The molecule has 2 rings (SSSR count). The Balaban J connectivity index is 1.91. The van der Waals surface area contributed by atoms with E-state index in [1.54, 1.807) is 7.05 Å². The molecule has 74 valence electrons. The highest BCUT2D eigenvalue weighted by Gasteiger charge is 2.39. The Hall–Kier alpha value is -1.51. The number of hydrogen-bond acceptors (Lipinski definition) is 1. The monoisotopic (exact) mass is 190 g/mol. The van der Waals surface area contributed by atoms with Crippen LogP contribution in [0.5, 0.6) is 0 Å². The average Bonchev–Trinajstić information content (AvgIpc) is 2.98. The van der Waals surface area contributed by atoms with E-state index in [9.17, 15) is 4.79 Å². The van der Waals surface area contributed by atoms with Gasteiger partial charge >= 0.3 is 6.03 Å². The van der Waals surface area contributed by atoms with Crippen LogP contribution in [-0.4, -0.2) is 19.1 Å². The lowest BCUT2D eigenvalue weighted by Crippen LogP contribution is -2.34. The number of hydrogen-bond donors (Lipinski definition) is 2. The smallest absolute Gasteiger partial charge is 0.314 e. The van der Waals surface area contributed by atoms with Gasteiger partial charge in [-0.3, -0.25) is 0 Å². The molecule has 2 amide bonds. The minimum atomic E-state index is -0.0894. The number of amides is 2. The molecule has 1 unspecified atom stereocenters. The van der Waals surface area contributed by atoms with Crippen molar-refractivity contribution in [2.45, 2.75) is 18.4 Å². The van der Waals surface area contributed by atoms with Crippen molar-refractivity contribution in [2.24, 2.45) is 0 Å². The van der Waals surface area contributed by atoms with Gasteiger partial charge in [0.25, 0.3) is 0 Å². The third-order valence-corrected chi connectivity index (χ3v) is 2.56. The fraction of sp³-hybridized carbons (Fsp3) is 0.364. The molecule has 2 N–H and O–H groups in total. The predicted molar refractivity (Wildman–Crippen MR) is 55.2 cm³/mol. The first-order valence-corrected chi connectivity index (χ1v) is 4.84. The molecule has 0 radical (unpaired) electrons. The molecule has 0 aliphatic heterocycles. The molecular weight excluding hydrogens is 176 g/mol. The van der Waals surface area contributed by atoms with E-state index < -0.39 is 0 Å². The van der Waals surface area contributed by atoms with E-state index in [0.717, 1.165) is 6.42 Å². The Morgan fingerprint density at radius 1 is 1.36 bits per heavy atom. The third kappa shape index (κ3) is 1.87. The van der Waals surface area contributed by atoms with Crippen LogP contribution in [0.3, 0.4) is 0 Å². The second-order valence-corrected chi connectivity index (χ2v) is 3.58. The normalized spacial score (nSPS) is 24.1. The molecule has 0 aromatic heterocycles. The molecule has 3 nitrogen and oxygen atoms in total. The Labute approximate surface area is 83.5 Å². The van der Waals surface area contributed by atoms with Gasteiger partial charge in [-0.25, -0.2) is 4.79 Å². The van der Waals surface area contributed by atoms with Gasteiger partial charge in [-0.15, -0.1) is 0 Å². The van der Waals surface area contributed by atoms with E-state index in [1.807, 2.05) is 18.2 Å². The topological polar surface area (TPSA) is 41.1 Å². The van der Waals surface area contributed by atoms with Gasteiger partial charge in [-0.1, -0.05) is 30.3 Å². The summed E-state index contributed by atoms with van der Waals surface area (Å²) in [5.74, 6) is 0.508. The summed E-state index contributed by atoms with van der Waals surface area (Å²) < 4.78 is 0. The first-order chi connectivity index (χ1) is 6.81. The molecule has 1 saturated carbocycles. The van der Waals surface area contributed by atoms with Crippen molar-refractivity contribution in [3.63, 3.8) is 0 Å². The van der Waals surface area contributed by atoms with Gasteiger partial charge in [0.1, 0.15) is 0 Å². The maximum atomic E-state index is 11.0. The van der Waals surface area contributed by atoms with Crippen molar-refractivity contribution < 1.29 is 4.79 Å². The van der Waals surface area contributed by atoms with Crippen molar-refractivity contribution in [3.05, 3.63) is 35.9 Å². The van der Waals surface area contributed by atoms with Crippen LogP contribution in [0.2, 0.25) is 0 Å². The zero-order chi connectivity index (χ0) is 9.97. The number of benzene rings is 1. The van der Waals surface area contributed by atoms with Gasteiger partial charge in [0.05, 0.1) is 0 Å². The number of carbonyl (C=O) groups is 1. The van der Waals surface area contributed by atoms with Crippen LogP contribution in [0, 0.1) is 0 Å². The van der Waals surface area contributed by atoms with Gasteiger partial charge in [0, 0.05) is 19.0 Å². The van der Waals surface area contributed by atoms with Gasteiger partial charge in [-0.05, 0) is 12.0 Å². The van der Waals surface area contributed by atoms with Crippen LogP contribution in [0.15, 0.2) is 30.3 Å². The van der Waals surface area contributed by atoms with Crippen LogP contribution in [-0.2, 0) is 0 Å². The molecule has 2 atom stereocenters. The maximum absolute atomic E-state index is 11.0. The van der Waals surface area contributed by atoms with Gasteiger partial charge in [0.2, 0.25) is 0 Å². The summed E-state index contributed by atoms with van der Waals surface area (Å²) in [6, 6.07) is 10.5. The van der Waals surface area contributed by atoms with E-state index in [2.05, 4.69) is 22.8 Å². The van der Waals surface area contributed by atoms with Crippen LogP contribution < -0.4 is 10.6 Å². The number of urea groups is 1. The second-order valence-electron chi connectivity index (χ2n) is 3.58. The highest BCUT2D eigenvalue weighted by atomic mass is 16.2. The summed E-state index contributed by atoms with van der Waals surface area (Å²) in [7, 11) is 1.63. The molecule has 0 bridgehead atoms. The standard InChI is InChI=1S/C11H14N2O/c1-12-11(14)13-10-7-9(10)8-5-3-2-4-6-8/h2-6,9-10H,7H2,1H3,(H2,12,13,14)/t9?,10-/m1/s1. The molecule has 1 aliphatic carbocycles. The highest BCUT2D eigenvalue weighted by Crippen LogP contribution is 2.40. The van der Waals surface area contributed by atoms with Crippen molar-refractivity contribution in [1.29, 1.82) is 0 Å². The lowest BCUT2D eigenvalue weighted by molar-refractivity contribution is 0.242. The number of carbonyl (C=O) groups excluding carboxylic acids is 1. The van der Waals surface area contributed by atoms with Crippen molar-refractivity contribution >= 4 is 6.03 Å². The Kier molecular flexibility index (Phi) is 2.39. The first-order valence-electron chi connectivity index (χ1n) is 4.84. The molecule has 1 aromatic rings. The van der Waals surface area contributed by atoms with E-state index >= 15 is 0 Å². The Morgan fingerprint density at radius 2 is 2.07 bits per heavy atom. The maximum Gasteiger partial charge on any atom is 0.314 e. The summed E-state index contributed by atoms with van der Waals surface area (Å²) >= 11 is 0. The molecule has 1 fully saturated rings. The lowest BCUT2D eigenvalue weighted by atomic mass is 10.1. The Bertz CT molecular complexity index is 323. The summed E-state index contributed by atoms with van der Waals surface area (Å²) in [4.78, 5) is 11.0. The number of rotatable bonds is 2. The number of nitrogens with one attached hydrogen (secondary N) is 2. The zero-order valence-electron chi connectivity index (χ0n) is 8.16. The molecule has 1 aromatic carbocycles. The fourth-order valence-corrected chi connectivity index (χ4v) is 1.66. The minimum absolute atomic E-state index is 0.0894. The van der Waals surface area contributed by atoms with Crippen LogP contribution >= 0.6 is 0 Å². The van der Waals surface area contributed by atoms with E-state index in [1.165, 1.54) is 5.56 Å². The summed E-state index contributed by atoms with van der Waals surface area (Å²) in [5.41, 5.74) is 1.31. The molecule has 0 heterocycles. The average molecular weight is 190 g/mol. The van der Waals surface area contributed by atoms with E-state index in [4.69, 9.17) is 0 Å². The molecule has 0 saturated heterocycles. The molecule has 14 heavy (non-hydrogen) atoms. The van der Waals surface area contributed by atoms with Gasteiger partial charge in [-0.2, -0.15) is 0 Å². The second kappa shape index (κ2) is 3.70. The van der Waals surface area contributed by atoms with Gasteiger partial charge in [0.15, 0.2) is 0 Å². The molecule has 0 spiro atoms. The minimum Gasteiger partial charge on any atom is -0.341 e. The third-order valence-electron chi connectivity index (χ3n) is 2.56. The zero-order valence-corrected chi connectivity index (χ0v) is 8.16. The van der Waals surface area contributed by atoms with Crippen LogP contribution in [0.1, 0.15) is 17.9 Å². The molecule has 1 aliphatic rings. The lowest BCUT2D eigenvalue weighted by Gasteiger charge is -2.03. The predicted octanol–water partition coefficient (Wildman–Crippen LogP) is 1.47. The van der Waals surface area contributed by atoms with E-state index in [0.29, 0.717) is 12.0 Å². The van der Waals surface area contributed by atoms with Gasteiger partial charge < -0.3 is 10.6 Å². The largest absolute Gasteiger partial charge is 0.341 e. The van der Waals surface area contributed by atoms with Crippen LogP contribution in [0.25, 0.3) is 0 Å². The van der Waals surface area contributed by atoms with Crippen LogP contribution in [0.4, 0.5) is 4.79 Å². The van der Waals surface area contributed by atoms with Crippen molar-refractivity contribution in [3.8, 4) is 0 Å². The SMILES string of the molecule is CNC(=O)N[C@@H]1CC1c1ccccc1. The molecule has 3 heteroatoms. The highest BCUT2D eigenvalue weighted by molar-refractivity contribution is 5.74.